The van der Waals surface area contributed by atoms with E-state index in [1.165, 1.54) is 4.90 Å². The number of fused-ring (bicyclic) bond motifs is 1. The number of amides is 2. The zero-order valence-corrected chi connectivity index (χ0v) is 13.5. The maximum absolute atomic E-state index is 13.4. The minimum atomic E-state index is -1.18. The van der Waals surface area contributed by atoms with Crippen molar-refractivity contribution in [1.29, 1.82) is 0 Å². The summed E-state index contributed by atoms with van der Waals surface area (Å²) in [5.74, 6) is -1.19. The summed E-state index contributed by atoms with van der Waals surface area (Å²) in [7, 11) is 0. The molecule has 1 saturated heterocycles. The highest BCUT2D eigenvalue weighted by molar-refractivity contribution is 6.38. The lowest BCUT2D eigenvalue weighted by Gasteiger charge is -2.32. The molecule has 1 fully saturated rings. The molecular weight excluding hydrogens is 322 g/mol. The number of carbonyl (C=O) groups excluding carboxylic acids is 2. The first kappa shape index (κ1) is 14.9. The molecular formula is C20H14ClNO2. The van der Waals surface area contributed by atoms with Gasteiger partial charge in [0.25, 0.3) is 5.91 Å². The van der Waals surface area contributed by atoms with Crippen LogP contribution in [0.5, 0.6) is 0 Å². The monoisotopic (exact) mass is 335 g/mol. The van der Waals surface area contributed by atoms with Gasteiger partial charge in [0.2, 0.25) is 5.91 Å². The van der Waals surface area contributed by atoms with E-state index in [1.807, 2.05) is 36.4 Å². The van der Waals surface area contributed by atoms with E-state index in [9.17, 15) is 9.59 Å². The molecule has 0 spiro atoms. The van der Waals surface area contributed by atoms with Gasteiger partial charge in [0.15, 0.2) is 0 Å². The van der Waals surface area contributed by atoms with Crippen LogP contribution in [-0.2, 0) is 15.0 Å². The molecule has 0 N–H and O–H groups in total. The number of rotatable bonds is 2. The number of halogens is 1. The highest BCUT2D eigenvalue weighted by Crippen LogP contribution is 2.51. The van der Waals surface area contributed by atoms with Gasteiger partial charge < -0.3 is 0 Å². The van der Waals surface area contributed by atoms with E-state index in [2.05, 4.69) is 0 Å². The third-order valence-corrected chi connectivity index (χ3v) is 5.08. The lowest BCUT2D eigenvalue weighted by molar-refractivity contribution is -0.122. The quantitative estimate of drug-likeness (QED) is 0.783. The first-order chi connectivity index (χ1) is 11.7. The van der Waals surface area contributed by atoms with Crippen molar-refractivity contribution in [3.05, 3.63) is 89.5 Å². The number of nitrogens with zero attached hydrogens (tertiary/aromatic N) is 1. The number of allylic oxidation sites excluding steroid dienone is 2. The molecule has 2 aromatic rings. The van der Waals surface area contributed by atoms with Crippen LogP contribution in [0.2, 0.25) is 0 Å². The Morgan fingerprint density at radius 2 is 1.54 bits per heavy atom. The van der Waals surface area contributed by atoms with Crippen molar-refractivity contribution >= 4 is 29.1 Å². The van der Waals surface area contributed by atoms with E-state index >= 15 is 0 Å². The summed E-state index contributed by atoms with van der Waals surface area (Å²) in [6.07, 6.45) is 5.21. The Kier molecular flexibility index (Phi) is 3.39. The van der Waals surface area contributed by atoms with Gasteiger partial charge in [-0.2, -0.15) is 0 Å². The van der Waals surface area contributed by atoms with Crippen molar-refractivity contribution in [2.24, 2.45) is 5.92 Å². The van der Waals surface area contributed by atoms with Gasteiger partial charge in [0.05, 0.1) is 11.6 Å². The predicted molar refractivity (Wildman–Crippen MR) is 93.6 cm³/mol. The number of imide groups is 1. The Morgan fingerprint density at radius 3 is 2.21 bits per heavy atom. The normalized spacial score (nSPS) is 25.6. The van der Waals surface area contributed by atoms with Crippen LogP contribution in [0.25, 0.3) is 0 Å². The predicted octanol–water partition coefficient (Wildman–Crippen LogP) is 3.81. The van der Waals surface area contributed by atoms with Crippen LogP contribution in [0.4, 0.5) is 5.69 Å². The van der Waals surface area contributed by atoms with E-state index in [1.54, 1.807) is 42.5 Å². The van der Waals surface area contributed by atoms with Gasteiger partial charge in [-0.05, 0) is 23.8 Å². The summed E-state index contributed by atoms with van der Waals surface area (Å²) in [6.45, 7) is 0. The average Bonchev–Trinajstić information content (AvgIpc) is 2.86. The smallest absolute Gasteiger partial charge is 0.250 e. The van der Waals surface area contributed by atoms with Crippen LogP contribution in [-0.4, -0.2) is 11.8 Å². The van der Waals surface area contributed by atoms with E-state index in [-0.39, 0.29) is 11.8 Å². The van der Waals surface area contributed by atoms with E-state index < -0.39 is 11.3 Å². The second kappa shape index (κ2) is 5.46. The molecule has 3 nitrogen and oxygen atoms in total. The highest BCUT2D eigenvalue weighted by atomic mass is 35.5. The van der Waals surface area contributed by atoms with Crippen molar-refractivity contribution < 1.29 is 9.59 Å². The Bertz CT molecular complexity index is 873. The molecule has 2 amide bonds. The molecule has 118 valence electrons. The number of anilines is 1. The molecule has 2 atom stereocenters. The second-order valence-electron chi connectivity index (χ2n) is 5.87. The van der Waals surface area contributed by atoms with Gasteiger partial charge in [-0.3, -0.25) is 9.59 Å². The number of para-hydroxylation sites is 1. The van der Waals surface area contributed by atoms with Gasteiger partial charge in [-0.25, -0.2) is 4.90 Å². The van der Waals surface area contributed by atoms with Crippen LogP contribution in [0, 0.1) is 5.92 Å². The SMILES string of the molecule is O=C1C2C=CC=C(Cl)C2(c2ccccc2)C(=O)N1c1ccccc1. The molecule has 1 aliphatic carbocycles. The van der Waals surface area contributed by atoms with Crippen molar-refractivity contribution in [3.63, 3.8) is 0 Å². The highest BCUT2D eigenvalue weighted by Gasteiger charge is 2.62. The van der Waals surface area contributed by atoms with Gasteiger partial charge in [0, 0.05) is 5.03 Å². The molecule has 4 rings (SSSR count). The minimum Gasteiger partial charge on any atom is -0.273 e. The standard InChI is InChI=1S/C20H14ClNO2/c21-17-13-7-12-16-18(23)22(15-10-5-2-6-11-15)19(24)20(16,17)14-8-3-1-4-9-14/h1-13,16H. The Morgan fingerprint density at radius 1 is 0.917 bits per heavy atom. The van der Waals surface area contributed by atoms with Gasteiger partial charge in [-0.15, -0.1) is 0 Å². The number of hydrogen-bond donors (Lipinski definition) is 0. The molecule has 0 bridgehead atoms. The van der Waals surface area contributed by atoms with Crippen LogP contribution in [0.1, 0.15) is 5.56 Å². The molecule has 24 heavy (non-hydrogen) atoms. The summed E-state index contributed by atoms with van der Waals surface area (Å²) >= 11 is 6.53. The summed E-state index contributed by atoms with van der Waals surface area (Å²) in [6, 6.07) is 18.3. The van der Waals surface area contributed by atoms with Crippen LogP contribution in [0.3, 0.4) is 0 Å². The summed E-state index contributed by atoms with van der Waals surface area (Å²) in [4.78, 5) is 27.7. The van der Waals surface area contributed by atoms with Crippen molar-refractivity contribution in [2.45, 2.75) is 5.41 Å². The van der Waals surface area contributed by atoms with Crippen molar-refractivity contribution in [1.82, 2.24) is 0 Å². The van der Waals surface area contributed by atoms with Crippen molar-refractivity contribution in [2.75, 3.05) is 4.90 Å². The Hall–Kier alpha value is -2.65. The molecule has 2 aliphatic rings. The van der Waals surface area contributed by atoms with Crippen LogP contribution < -0.4 is 4.90 Å². The van der Waals surface area contributed by atoms with E-state index in [4.69, 9.17) is 11.6 Å². The molecule has 4 heteroatoms. The Labute approximate surface area is 144 Å². The lowest BCUT2D eigenvalue weighted by atomic mass is 9.69. The molecule has 2 unspecified atom stereocenters. The van der Waals surface area contributed by atoms with Crippen LogP contribution in [0.15, 0.2) is 83.9 Å². The van der Waals surface area contributed by atoms with Crippen LogP contribution >= 0.6 is 11.6 Å². The fourth-order valence-corrected chi connectivity index (χ4v) is 3.94. The largest absolute Gasteiger partial charge is 0.273 e. The number of hydrogen-bond acceptors (Lipinski definition) is 2. The maximum atomic E-state index is 13.4. The number of carbonyl (C=O) groups is 2. The zero-order valence-electron chi connectivity index (χ0n) is 12.7. The summed E-state index contributed by atoms with van der Waals surface area (Å²) in [5, 5.41) is 0.373. The molecule has 2 aromatic carbocycles. The molecule has 1 aliphatic heterocycles. The number of benzene rings is 2. The second-order valence-corrected chi connectivity index (χ2v) is 6.27. The summed E-state index contributed by atoms with van der Waals surface area (Å²) in [5.41, 5.74) is 0.122. The van der Waals surface area contributed by atoms with Crippen molar-refractivity contribution in [3.8, 4) is 0 Å². The first-order valence-electron chi connectivity index (χ1n) is 7.71. The molecule has 1 heterocycles. The van der Waals surface area contributed by atoms with Gasteiger partial charge >= 0.3 is 0 Å². The van der Waals surface area contributed by atoms with E-state index in [0.717, 1.165) is 5.56 Å². The zero-order chi connectivity index (χ0) is 16.7. The maximum Gasteiger partial charge on any atom is 0.250 e. The van der Waals surface area contributed by atoms with Gasteiger partial charge in [-0.1, -0.05) is 72.3 Å². The average molecular weight is 336 g/mol. The summed E-state index contributed by atoms with van der Waals surface area (Å²) < 4.78 is 0. The third kappa shape index (κ3) is 1.85. The topological polar surface area (TPSA) is 37.4 Å². The van der Waals surface area contributed by atoms with E-state index in [0.29, 0.717) is 10.7 Å². The fraction of sp³-hybridized carbons (Fsp3) is 0.100. The minimum absolute atomic E-state index is 0.252. The van der Waals surface area contributed by atoms with Gasteiger partial charge in [0.1, 0.15) is 5.41 Å². The molecule has 0 aromatic heterocycles. The lowest BCUT2D eigenvalue weighted by Crippen LogP contribution is -2.41. The Balaban J connectivity index is 1.95. The fourth-order valence-electron chi connectivity index (χ4n) is 3.56. The molecule has 0 saturated carbocycles. The third-order valence-electron chi connectivity index (χ3n) is 4.66. The first-order valence-corrected chi connectivity index (χ1v) is 8.08. The molecule has 0 radical (unpaired) electrons.